The number of unbranched alkanes of at least 4 members (excludes halogenated alkanes) is 2. The van der Waals surface area contributed by atoms with E-state index in [4.69, 9.17) is 19.0 Å². The second-order valence-electron chi connectivity index (χ2n) is 14.5. The first-order chi connectivity index (χ1) is 24.2. The van der Waals surface area contributed by atoms with E-state index >= 15 is 0 Å². The number of nitrogens with zero attached hydrogens (tertiary/aromatic N) is 5. The van der Waals surface area contributed by atoms with Crippen LogP contribution in [0.2, 0.25) is 0 Å². The van der Waals surface area contributed by atoms with E-state index in [1.807, 2.05) is 30.3 Å². The summed E-state index contributed by atoms with van der Waals surface area (Å²) in [5.41, 5.74) is -0.715. The average molecular weight is 736 g/mol. The van der Waals surface area contributed by atoms with Crippen LogP contribution in [-0.4, -0.2) is 132 Å². The van der Waals surface area contributed by atoms with Gasteiger partial charge in [0.1, 0.15) is 23.9 Å². The van der Waals surface area contributed by atoms with Gasteiger partial charge >= 0.3 is 24.2 Å². The maximum atomic E-state index is 13.7. The molecule has 0 aliphatic heterocycles. The zero-order chi connectivity index (χ0) is 39.6. The van der Waals surface area contributed by atoms with E-state index in [0.717, 1.165) is 10.6 Å². The molecule has 0 aliphatic carbocycles. The Bertz CT molecular complexity index is 1310. The standard InChI is InChI=1S/C37H61N5O10/c1-12-41(13-2)34(47)52-42(35(48)51-37(6,7)8)23-19-15-18-22-30(43)40(11)29(26-31(44)49-27-28-20-16-14-17-21-28)32(45)38(9)24-25-39(10)33(46)50-36(3,4)5/h14,16-17,20-21,29H,12-13,15,18-19,22-27H2,1-11H3/t29-/m0/s1. The van der Waals surface area contributed by atoms with Gasteiger partial charge in [-0.05, 0) is 73.8 Å². The van der Waals surface area contributed by atoms with Crippen LogP contribution >= 0.6 is 0 Å². The third-order valence-corrected chi connectivity index (χ3v) is 7.66. The van der Waals surface area contributed by atoms with Crippen LogP contribution in [0.15, 0.2) is 30.3 Å². The topological polar surface area (TPSA) is 156 Å². The van der Waals surface area contributed by atoms with Gasteiger partial charge in [0.25, 0.3) is 0 Å². The minimum absolute atomic E-state index is 0.0132. The molecule has 0 heterocycles. The van der Waals surface area contributed by atoms with Crippen molar-refractivity contribution in [3.05, 3.63) is 35.9 Å². The van der Waals surface area contributed by atoms with Crippen molar-refractivity contribution in [2.24, 2.45) is 0 Å². The molecule has 5 amide bonds. The molecular formula is C37H61N5O10. The van der Waals surface area contributed by atoms with Crippen LogP contribution in [0.4, 0.5) is 14.4 Å². The summed E-state index contributed by atoms with van der Waals surface area (Å²) in [5, 5.41) is 0.895. The Labute approximate surface area is 309 Å². The van der Waals surface area contributed by atoms with Gasteiger partial charge in [-0.3, -0.25) is 14.4 Å². The fraction of sp³-hybridized carbons (Fsp3) is 0.676. The fourth-order valence-corrected chi connectivity index (χ4v) is 4.62. The summed E-state index contributed by atoms with van der Waals surface area (Å²) in [7, 11) is 4.56. The van der Waals surface area contributed by atoms with E-state index < -0.39 is 47.4 Å². The Morgan fingerprint density at radius 3 is 1.81 bits per heavy atom. The first-order valence-electron chi connectivity index (χ1n) is 17.8. The number of carbonyl (C=O) groups excluding carboxylic acids is 6. The Kier molecular flexibility index (Phi) is 19.0. The molecule has 52 heavy (non-hydrogen) atoms. The molecule has 1 aromatic rings. The molecule has 1 rings (SSSR count). The number of benzene rings is 1. The van der Waals surface area contributed by atoms with E-state index in [1.165, 1.54) is 33.7 Å². The Balaban J connectivity index is 2.93. The highest BCUT2D eigenvalue weighted by atomic mass is 16.8. The number of likely N-dealkylation sites (N-methyl/N-ethyl adjacent to an activating group) is 3. The zero-order valence-corrected chi connectivity index (χ0v) is 33.1. The molecule has 0 unspecified atom stereocenters. The van der Waals surface area contributed by atoms with Gasteiger partial charge in [-0.1, -0.05) is 36.8 Å². The maximum absolute atomic E-state index is 13.7. The number of amides is 5. The SMILES string of the molecule is CCN(CC)C(=O)ON(CCCCCC(=O)N(C)[C@@H](CC(=O)OCc1ccccc1)C(=O)N(C)CCN(C)C(=O)OC(C)(C)C)C(=O)OC(C)(C)C. The number of rotatable bonds is 17. The molecule has 0 saturated heterocycles. The van der Waals surface area contributed by atoms with Gasteiger partial charge in [0.15, 0.2) is 0 Å². The number of hydrogen-bond acceptors (Lipinski definition) is 10. The lowest BCUT2D eigenvalue weighted by molar-refractivity contribution is -0.153. The van der Waals surface area contributed by atoms with Crippen LogP contribution in [0.1, 0.15) is 93.1 Å². The maximum Gasteiger partial charge on any atom is 0.443 e. The summed E-state index contributed by atoms with van der Waals surface area (Å²) in [4.78, 5) is 88.5. The smallest absolute Gasteiger partial charge is 0.443 e. The predicted octanol–water partition coefficient (Wildman–Crippen LogP) is 5.46. The van der Waals surface area contributed by atoms with Gasteiger partial charge in [-0.15, -0.1) is 5.06 Å². The van der Waals surface area contributed by atoms with Crippen molar-refractivity contribution < 1.29 is 47.8 Å². The van der Waals surface area contributed by atoms with Crippen LogP contribution in [0.25, 0.3) is 0 Å². The second-order valence-corrected chi connectivity index (χ2v) is 14.5. The Hall–Kier alpha value is -4.56. The molecular weight excluding hydrogens is 674 g/mol. The molecule has 0 aromatic heterocycles. The summed E-state index contributed by atoms with van der Waals surface area (Å²) in [5.74, 6) is -1.51. The van der Waals surface area contributed by atoms with Crippen LogP contribution in [0.5, 0.6) is 0 Å². The van der Waals surface area contributed by atoms with Crippen LogP contribution in [-0.2, 0) is 40.0 Å². The zero-order valence-electron chi connectivity index (χ0n) is 33.1. The largest absolute Gasteiger partial charge is 0.461 e. The number of carbonyl (C=O) groups is 6. The third-order valence-electron chi connectivity index (χ3n) is 7.66. The van der Waals surface area contributed by atoms with Crippen LogP contribution in [0.3, 0.4) is 0 Å². The lowest BCUT2D eigenvalue weighted by Crippen LogP contribution is -2.50. The summed E-state index contributed by atoms with van der Waals surface area (Å²) in [6.45, 7) is 15.1. The predicted molar refractivity (Wildman–Crippen MR) is 195 cm³/mol. The molecule has 0 aliphatic rings. The van der Waals surface area contributed by atoms with E-state index in [-0.39, 0.29) is 45.0 Å². The van der Waals surface area contributed by atoms with E-state index in [9.17, 15) is 28.8 Å². The molecule has 15 nitrogen and oxygen atoms in total. The van der Waals surface area contributed by atoms with E-state index in [2.05, 4.69) is 0 Å². The summed E-state index contributed by atoms with van der Waals surface area (Å²) >= 11 is 0. The molecule has 0 fully saturated rings. The van der Waals surface area contributed by atoms with Crippen molar-refractivity contribution in [1.82, 2.24) is 24.7 Å². The quantitative estimate of drug-likeness (QED) is 0.0872. The van der Waals surface area contributed by atoms with Crippen LogP contribution < -0.4 is 0 Å². The Morgan fingerprint density at radius 1 is 0.692 bits per heavy atom. The normalized spacial score (nSPS) is 11.8. The first-order valence-corrected chi connectivity index (χ1v) is 17.8. The number of ether oxygens (including phenoxy) is 3. The lowest BCUT2D eigenvalue weighted by Gasteiger charge is -2.31. The molecule has 294 valence electrons. The van der Waals surface area contributed by atoms with Crippen molar-refractivity contribution >= 4 is 36.1 Å². The highest BCUT2D eigenvalue weighted by Gasteiger charge is 2.33. The lowest BCUT2D eigenvalue weighted by atomic mass is 10.1. The highest BCUT2D eigenvalue weighted by Crippen LogP contribution is 2.16. The molecule has 0 spiro atoms. The van der Waals surface area contributed by atoms with Crippen molar-refractivity contribution in [2.75, 3.05) is 53.9 Å². The third kappa shape index (κ3) is 17.6. The molecule has 0 bridgehead atoms. The number of hydrogen-bond donors (Lipinski definition) is 0. The number of esters is 1. The second kappa shape index (κ2) is 21.7. The summed E-state index contributed by atoms with van der Waals surface area (Å²) in [6.07, 6.45) is -1.07. The van der Waals surface area contributed by atoms with Gasteiger partial charge in [0, 0.05) is 53.7 Å². The van der Waals surface area contributed by atoms with E-state index in [1.54, 1.807) is 62.4 Å². The number of hydroxylamine groups is 2. The van der Waals surface area contributed by atoms with Gasteiger partial charge in [-0.2, -0.15) is 0 Å². The van der Waals surface area contributed by atoms with Gasteiger partial charge in [0.2, 0.25) is 11.8 Å². The van der Waals surface area contributed by atoms with Gasteiger partial charge < -0.3 is 38.6 Å². The van der Waals surface area contributed by atoms with Crippen LogP contribution in [0, 0.1) is 0 Å². The molecule has 1 aromatic carbocycles. The molecule has 0 radical (unpaired) electrons. The summed E-state index contributed by atoms with van der Waals surface area (Å²) in [6, 6.07) is 7.94. The molecule has 0 N–H and O–H groups in total. The monoisotopic (exact) mass is 735 g/mol. The van der Waals surface area contributed by atoms with Crippen molar-refractivity contribution in [3.8, 4) is 0 Å². The fourth-order valence-electron chi connectivity index (χ4n) is 4.62. The molecule has 1 atom stereocenters. The van der Waals surface area contributed by atoms with Crippen molar-refractivity contribution in [3.63, 3.8) is 0 Å². The van der Waals surface area contributed by atoms with Crippen molar-refractivity contribution in [1.29, 1.82) is 0 Å². The van der Waals surface area contributed by atoms with Crippen molar-refractivity contribution in [2.45, 2.75) is 111 Å². The molecule has 0 saturated carbocycles. The average Bonchev–Trinajstić information content (AvgIpc) is 3.06. The Morgan fingerprint density at radius 2 is 1.25 bits per heavy atom. The molecule has 15 heteroatoms. The summed E-state index contributed by atoms with van der Waals surface area (Å²) < 4.78 is 16.2. The van der Waals surface area contributed by atoms with E-state index in [0.29, 0.717) is 32.4 Å². The minimum Gasteiger partial charge on any atom is -0.461 e. The van der Waals surface area contributed by atoms with Gasteiger partial charge in [-0.25, -0.2) is 14.4 Å². The van der Waals surface area contributed by atoms with Gasteiger partial charge in [0.05, 0.1) is 13.0 Å². The first kappa shape index (κ1) is 45.5. The minimum atomic E-state index is -1.16. The highest BCUT2D eigenvalue weighted by molar-refractivity contribution is 5.90.